The van der Waals surface area contributed by atoms with Crippen LogP contribution in [0.2, 0.25) is 0 Å². The van der Waals surface area contributed by atoms with E-state index >= 15 is 0 Å². The average Bonchev–Trinajstić information content (AvgIpc) is 2.27. The third-order valence-corrected chi connectivity index (χ3v) is 2.26. The van der Waals surface area contributed by atoms with E-state index in [1.165, 1.54) is 6.92 Å². The molecule has 5 nitrogen and oxygen atoms in total. The monoisotopic (exact) mass is 265 g/mol. The molecule has 0 fully saturated rings. The van der Waals surface area contributed by atoms with Gasteiger partial charge in [0.15, 0.2) is 0 Å². The number of nitrogens with one attached hydrogen (secondary N) is 1. The molecule has 0 spiro atoms. The lowest BCUT2D eigenvalue weighted by atomic mass is 10.1. The SMILES string of the molecule is C[C@H](NC(=O)c1ccc(OC(C)(C)C)cc1)C(=O)O. The van der Waals surface area contributed by atoms with Crippen molar-refractivity contribution >= 4 is 11.9 Å². The van der Waals surface area contributed by atoms with Crippen molar-refractivity contribution in [1.29, 1.82) is 0 Å². The van der Waals surface area contributed by atoms with E-state index in [1.54, 1.807) is 24.3 Å². The molecule has 0 saturated carbocycles. The summed E-state index contributed by atoms with van der Waals surface area (Å²) >= 11 is 0. The Labute approximate surface area is 112 Å². The smallest absolute Gasteiger partial charge is 0.325 e. The van der Waals surface area contributed by atoms with Gasteiger partial charge in [-0.15, -0.1) is 0 Å². The summed E-state index contributed by atoms with van der Waals surface area (Å²) in [5.41, 5.74) is 0.0936. The summed E-state index contributed by atoms with van der Waals surface area (Å²) in [6, 6.07) is 5.66. The summed E-state index contributed by atoms with van der Waals surface area (Å²) in [6.07, 6.45) is 0. The van der Waals surface area contributed by atoms with Crippen molar-refractivity contribution in [3.8, 4) is 5.75 Å². The predicted octanol–water partition coefficient (Wildman–Crippen LogP) is 2.07. The number of carboxylic acids is 1. The molecular weight excluding hydrogens is 246 g/mol. The van der Waals surface area contributed by atoms with Crippen molar-refractivity contribution in [3.63, 3.8) is 0 Å². The molecule has 1 amide bonds. The van der Waals surface area contributed by atoms with Crippen molar-refractivity contribution in [1.82, 2.24) is 5.32 Å². The summed E-state index contributed by atoms with van der Waals surface area (Å²) in [5.74, 6) is -0.825. The van der Waals surface area contributed by atoms with Crippen LogP contribution < -0.4 is 10.1 Å². The van der Waals surface area contributed by atoms with Gasteiger partial charge in [-0.2, -0.15) is 0 Å². The zero-order valence-electron chi connectivity index (χ0n) is 11.6. The van der Waals surface area contributed by atoms with Crippen LogP contribution in [0.25, 0.3) is 0 Å². The van der Waals surface area contributed by atoms with Gasteiger partial charge >= 0.3 is 5.97 Å². The highest BCUT2D eigenvalue weighted by atomic mass is 16.5. The van der Waals surface area contributed by atoms with Gasteiger partial charge in [0, 0.05) is 5.56 Å². The number of ether oxygens (including phenoxy) is 1. The zero-order valence-corrected chi connectivity index (χ0v) is 11.6. The highest BCUT2D eigenvalue weighted by Gasteiger charge is 2.16. The van der Waals surface area contributed by atoms with Gasteiger partial charge < -0.3 is 15.2 Å². The van der Waals surface area contributed by atoms with E-state index in [2.05, 4.69) is 5.32 Å². The first-order valence-corrected chi connectivity index (χ1v) is 6.02. The molecular formula is C14H19NO4. The minimum absolute atomic E-state index is 0.304. The molecule has 2 N–H and O–H groups in total. The molecule has 5 heteroatoms. The van der Waals surface area contributed by atoms with E-state index in [4.69, 9.17) is 9.84 Å². The van der Waals surface area contributed by atoms with E-state index in [-0.39, 0.29) is 5.60 Å². The molecule has 1 aromatic carbocycles. The van der Waals surface area contributed by atoms with Gasteiger partial charge in [-0.05, 0) is 52.0 Å². The number of carbonyl (C=O) groups is 2. The van der Waals surface area contributed by atoms with Crippen LogP contribution in [-0.2, 0) is 4.79 Å². The molecule has 0 saturated heterocycles. The number of carboxylic acid groups (broad SMARTS) is 1. The lowest BCUT2D eigenvalue weighted by Gasteiger charge is -2.21. The van der Waals surface area contributed by atoms with E-state index in [9.17, 15) is 9.59 Å². The van der Waals surface area contributed by atoms with Gasteiger partial charge in [0.2, 0.25) is 0 Å². The van der Waals surface area contributed by atoms with Crippen LogP contribution in [0.4, 0.5) is 0 Å². The van der Waals surface area contributed by atoms with Crippen LogP contribution in [0, 0.1) is 0 Å². The Morgan fingerprint density at radius 1 is 1.21 bits per heavy atom. The molecule has 0 aliphatic heterocycles. The molecule has 19 heavy (non-hydrogen) atoms. The average molecular weight is 265 g/mol. The first-order chi connectivity index (χ1) is 8.69. The second-order valence-electron chi connectivity index (χ2n) is 5.27. The van der Waals surface area contributed by atoms with Crippen LogP contribution >= 0.6 is 0 Å². The maximum Gasteiger partial charge on any atom is 0.325 e. The van der Waals surface area contributed by atoms with Gasteiger partial charge in [0.1, 0.15) is 17.4 Å². The minimum Gasteiger partial charge on any atom is -0.488 e. The van der Waals surface area contributed by atoms with Crippen LogP contribution in [0.3, 0.4) is 0 Å². The Balaban J connectivity index is 2.71. The minimum atomic E-state index is -1.07. The lowest BCUT2D eigenvalue weighted by molar-refractivity contribution is -0.138. The molecule has 0 heterocycles. The first kappa shape index (κ1) is 15.0. The second kappa shape index (κ2) is 5.73. The fraction of sp³-hybridized carbons (Fsp3) is 0.429. The Morgan fingerprint density at radius 3 is 2.16 bits per heavy atom. The Morgan fingerprint density at radius 2 is 1.74 bits per heavy atom. The molecule has 0 bridgehead atoms. The van der Waals surface area contributed by atoms with Gasteiger partial charge in [0.25, 0.3) is 5.91 Å². The van der Waals surface area contributed by atoms with Gasteiger partial charge in [0.05, 0.1) is 0 Å². The molecule has 1 atom stereocenters. The van der Waals surface area contributed by atoms with E-state index < -0.39 is 17.9 Å². The third-order valence-electron chi connectivity index (χ3n) is 2.26. The fourth-order valence-electron chi connectivity index (χ4n) is 1.37. The summed E-state index contributed by atoms with van der Waals surface area (Å²) in [5, 5.41) is 11.1. The second-order valence-corrected chi connectivity index (χ2v) is 5.27. The number of carbonyl (C=O) groups excluding carboxylic acids is 1. The Hall–Kier alpha value is -2.04. The summed E-state index contributed by atoms with van der Waals surface area (Å²) in [4.78, 5) is 22.4. The van der Waals surface area contributed by atoms with Crippen LogP contribution in [-0.4, -0.2) is 28.6 Å². The first-order valence-electron chi connectivity index (χ1n) is 6.02. The van der Waals surface area contributed by atoms with Crippen molar-refractivity contribution in [2.24, 2.45) is 0 Å². The molecule has 104 valence electrons. The van der Waals surface area contributed by atoms with E-state index in [1.807, 2.05) is 20.8 Å². The lowest BCUT2D eigenvalue weighted by Crippen LogP contribution is -2.38. The molecule has 0 aromatic heterocycles. The van der Waals surface area contributed by atoms with E-state index in [0.29, 0.717) is 11.3 Å². The molecule has 1 aromatic rings. The van der Waals surface area contributed by atoms with Crippen LogP contribution in [0.15, 0.2) is 24.3 Å². The topological polar surface area (TPSA) is 75.6 Å². The summed E-state index contributed by atoms with van der Waals surface area (Å²) in [7, 11) is 0. The number of hydrogen-bond donors (Lipinski definition) is 2. The van der Waals surface area contributed by atoms with Crippen molar-refractivity contribution in [2.75, 3.05) is 0 Å². The molecule has 0 unspecified atom stereocenters. The van der Waals surface area contributed by atoms with Gasteiger partial charge in [-0.1, -0.05) is 0 Å². The van der Waals surface area contributed by atoms with Gasteiger partial charge in [-0.3, -0.25) is 9.59 Å². The Kier molecular flexibility index (Phi) is 4.53. The standard InChI is InChI=1S/C14H19NO4/c1-9(13(17)18)15-12(16)10-5-7-11(8-6-10)19-14(2,3)4/h5-9H,1-4H3,(H,15,16)(H,17,18)/t9-/m0/s1. The summed E-state index contributed by atoms with van der Waals surface area (Å²) < 4.78 is 5.63. The van der Waals surface area contributed by atoms with Gasteiger partial charge in [-0.25, -0.2) is 0 Å². The molecule has 0 radical (unpaired) electrons. The third kappa shape index (κ3) is 4.99. The maximum absolute atomic E-state index is 11.7. The highest BCUT2D eigenvalue weighted by molar-refractivity contribution is 5.96. The number of rotatable bonds is 4. The van der Waals surface area contributed by atoms with Crippen molar-refractivity contribution in [3.05, 3.63) is 29.8 Å². The predicted molar refractivity (Wildman–Crippen MR) is 71.4 cm³/mol. The maximum atomic E-state index is 11.7. The number of amides is 1. The van der Waals surface area contributed by atoms with E-state index in [0.717, 1.165) is 0 Å². The van der Waals surface area contributed by atoms with Crippen LogP contribution in [0.1, 0.15) is 38.1 Å². The summed E-state index contributed by atoms with van der Waals surface area (Å²) in [6.45, 7) is 7.21. The van der Waals surface area contributed by atoms with Crippen molar-refractivity contribution < 1.29 is 19.4 Å². The van der Waals surface area contributed by atoms with Crippen LogP contribution in [0.5, 0.6) is 5.75 Å². The Bertz CT molecular complexity index is 459. The quantitative estimate of drug-likeness (QED) is 0.873. The normalized spacial score (nSPS) is 12.6. The fourth-order valence-corrected chi connectivity index (χ4v) is 1.37. The largest absolute Gasteiger partial charge is 0.488 e. The molecule has 1 rings (SSSR count). The zero-order chi connectivity index (χ0) is 14.6. The number of aliphatic carboxylic acids is 1. The molecule has 0 aliphatic carbocycles. The number of benzene rings is 1. The number of hydrogen-bond acceptors (Lipinski definition) is 3. The highest BCUT2D eigenvalue weighted by Crippen LogP contribution is 2.18. The van der Waals surface area contributed by atoms with Crippen molar-refractivity contribution in [2.45, 2.75) is 39.3 Å². The molecule has 0 aliphatic rings.